The number of fused-ring (bicyclic) bond motifs is 3. The minimum atomic E-state index is -0.406. The maximum absolute atomic E-state index is 12.7. The van der Waals surface area contributed by atoms with E-state index < -0.39 is 5.56 Å². The van der Waals surface area contributed by atoms with Gasteiger partial charge in [0, 0.05) is 23.7 Å². The number of para-hydroxylation sites is 1. The molecule has 2 heterocycles. The second kappa shape index (κ2) is 8.93. The highest BCUT2D eigenvalue weighted by Gasteiger charge is 2.14. The molecule has 2 aromatic heterocycles. The molecule has 4 rings (SSSR count). The summed E-state index contributed by atoms with van der Waals surface area (Å²) in [5.41, 5.74) is 2.29. The van der Waals surface area contributed by atoms with Gasteiger partial charge in [0.25, 0.3) is 5.56 Å². The number of furan rings is 1. The standard InChI is InChI=1S/C23H23N5O4/c1-14(2)26-23(31)27-16-9-7-15(8-10-16)11-24-19(29)12-28-13-25-20-17-5-3-4-6-18(17)32-21(20)22(28)30/h3-10,13-14H,11-12H2,1-2H3,(H,24,29)(H2,26,27,31). The van der Waals surface area contributed by atoms with Gasteiger partial charge < -0.3 is 20.4 Å². The van der Waals surface area contributed by atoms with Crippen LogP contribution in [0.15, 0.2) is 64.1 Å². The number of urea groups is 1. The summed E-state index contributed by atoms with van der Waals surface area (Å²) in [6.45, 7) is 3.87. The van der Waals surface area contributed by atoms with Crippen molar-refractivity contribution in [3.63, 3.8) is 0 Å². The molecule has 9 heteroatoms. The van der Waals surface area contributed by atoms with E-state index >= 15 is 0 Å². The quantitative estimate of drug-likeness (QED) is 0.432. The van der Waals surface area contributed by atoms with Crippen molar-refractivity contribution >= 4 is 39.7 Å². The Labute approximate surface area is 183 Å². The monoisotopic (exact) mass is 433 g/mol. The van der Waals surface area contributed by atoms with Gasteiger partial charge in [-0.3, -0.25) is 14.2 Å². The summed E-state index contributed by atoms with van der Waals surface area (Å²) in [7, 11) is 0. The number of hydrogen-bond donors (Lipinski definition) is 3. The molecule has 2 aromatic carbocycles. The molecular formula is C23H23N5O4. The minimum absolute atomic E-state index is 0.0414. The van der Waals surface area contributed by atoms with Crippen LogP contribution in [-0.2, 0) is 17.9 Å². The van der Waals surface area contributed by atoms with Gasteiger partial charge in [0.05, 0.1) is 6.33 Å². The Balaban J connectivity index is 1.37. The van der Waals surface area contributed by atoms with Gasteiger partial charge in [0.2, 0.25) is 11.5 Å². The van der Waals surface area contributed by atoms with Crippen molar-refractivity contribution in [3.05, 3.63) is 70.8 Å². The Morgan fingerprint density at radius 3 is 2.59 bits per heavy atom. The average Bonchev–Trinajstić information content (AvgIpc) is 3.14. The van der Waals surface area contributed by atoms with Crippen molar-refractivity contribution in [2.75, 3.05) is 5.32 Å². The summed E-state index contributed by atoms with van der Waals surface area (Å²) < 4.78 is 6.86. The molecule has 3 N–H and O–H groups in total. The summed E-state index contributed by atoms with van der Waals surface area (Å²) in [6.07, 6.45) is 1.36. The number of anilines is 1. The van der Waals surface area contributed by atoms with E-state index in [2.05, 4.69) is 20.9 Å². The summed E-state index contributed by atoms with van der Waals surface area (Å²) in [5, 5.41) is 9.02. The maximum Gasteiger partial charge on any atom is 0.319 e. The Kier molecular flexibility index (Phi) is 5.89. The van der Waals surface area contributed by atoms with Gasteiger partial charge in [-0.2, -0.15) is 0 Å². The topological polar surface area (TPSA) is 118 Å². The Morgan fingerprint density at radius 2 is 1.84 bits per heavy atom. The zero-order chi connectivity index (χ0) is 22.7. The molecule has 0 saturated heterocycles. The van der Waals surface area contributed by atoms with Crippen molar-refractivity contribution in [2.24, 2.45) is 0 Å². The lowest BCUT2D eigenvalue weighted by atomic mass is 10.2. The molecule has 32 heavy (non-hydrogen) atoms. The zero-order valence-electron chi connectivity index (χ0n) is 17.7. The van der Waals surface area contributed by atoms with E-state index in [-0.39, 0.29) is 36.7 Å². The van der Waals surface area contributed by atoms with Crippen LogP contribution in [0.2, 0.25) is 0 Å². The molecule has 0 spiro atoms. The Bertz CT molecular complexity index is 1340. The van der Waals surface area contributed by atoms with E-state index in [0.29, 0.717) is 16.8 Å². The van der Waals surface area contributed by atoms with Gasteiger partial charge in [-0.15, -0.1) is 0 Å². The van der Waals surface area contributed by atoms with E-state index in [1.54, 1.807) is 30.3 Å². The molecule has 9 nitrogen and oxygen atoms in total. The maximum atomic E-state index is 12.7. The highest BCUT2D eigenvalue weighted by atomic mass is 16.3. The highest BCUT2D eigenvalue weighted by molar-refractivity contribution is 6.01. The summed E-state index contributed by atoms with van der Waals surface area (Å²) in [5.74, 6) is -0.331. The van der Waals surface area contributed by atoms with Crippen LogP contribution in [0.3, 0.4) is 0 Å². The zero-order valence-corrected chi connectivity index (χ0v) is 17.7. The van der Waals surface area contributed by atoms with Crippen molar-refractivity contribution in [1.82, 2.24) is 20.2 Å². The van der Waals surface area contributed by atoms with E-state index in [4.69, 9.17) is 4.42 Å². The van der Waals surface area contributed by atoms with Crippen molar-refractivity contribution in [1.29, 1.82) is 0 Å². The predicted octanol–water partition coefficient (Wildman–Crippen LogP) is 2.99. The summed E-state index contributed by atoms with van der Waals surface area (Å²) >= 11 is 0. The van der Waals surface area contributed by atoms with Crippen LogP contribution in [0.25, 0.3) is 22.1 Å². The van der Waals surface area contributed by atoms with E-state index in [9.17, 15) is 14.4 Å². The number of benzene rings is 2. The van der Waals surface area contributed by atoms with Gasteiger partial charge in [0.1, 0.15) is 17.6 Å². The lowest BCUT2D eigenvalue weighted by molar-refractivity contribution is -0.121. The molecule has 0 fully saturated rings. The highest BCUT2D eigenvalue weighted by Crippen LogP contribution is 2.23. The van der Waals surface area contributed by atoms with Gasteiger partial charge >= 0.3 is 6.03 Å². The van der Waals surface area contributed by atoms with Gasteiger partial charge in [-0.1, -0.05) is 24.3 Å². The third-order valence-corrected chi connectivity index (χ3v) is 4.79. The number of amides is 3. The van der Waals surface area contributed by atoms with Crippen LogP contribution in [-0.4, -0.2) is 27.5 Å². The number of aromatic nitrogens is 2. The van der Waals surface area contributed by atoms with Crippen LogP contribution in [0.1, 0.15) is 19.4 Å². The van der Waals surface area contributed by atoms with E-state index in [1.807, 2.05) is 32.0 Å². The lowest BCUT2D eigenvalue weighted by Gasteiger charge is -2.11. The fraction of sp³-hybridized carbons (Fsp3) is 0.217. The Morgan fingerprint density at radius 1 is 1.09 bits per heavy atom. The van der Waals surface area contributed by atoms with Crippen molar-refractivity contribution < 1.29 is 14.0 Å². The molecule has 0 radical (unpaired) electrons. The molecule has 4 aromatic rings. The second-order valence-electron chi connectivity index (χ2n) is 7.68. The number of hydrogen-bond acceptors (Lipinski definition) is 5. The number of rotatable bonds is 6. The molecule has 0 unspecified atom stereocenters. The lowest BCUT2D eigenvalue weighted by Crippen LogP contribution is -2.34. The van der Waals surface area contributed by atoms with Crippen molar-refractivity contribution in [3.8, 4) is 0 Å². The molecule has 0 bridgehead atoms. The molecule has 164 valence electrons. The Hall–Kier alpha value is -4.14. The third kappa shape index (κ3) is 4.61. The second-order valence-corrected chi connectivity index (χ2v) is 7.68. The molecule has 0 saturated carbocycles. The molecule has 0 aliphatic rings. The first kappa shape index (κ1) is 21.1. The largest absolute Gasteiger partial charge is 0.448 e. The van der Waals surface area contributed by atoms with Crippen molar-refractivity contribution in [2.45, 2.75) is 33.0 Å². The summed E-state index contributed by atoms with van der Waals surface area (Å²) in [6, 6.07) is 14.2. The van der Waals surface area contributed by atoms with Gasteiger partial charge in [-0.25, -0.2) is 9.78 Å². The first-order valence-corrected chi connectivity index (χ1v) is 10.2. The SMILES string of the molecule is CC(C)NC(=O)Nc1ccc(CNC(=O)Cn2cnc3c(oc4ccccc43)c2=O)cc1. The molecule has 3 amide bonds. The predicted molar refractivity (Wildman–Crippen MR) is 121 cm³/mol. The first-order chi connectivity index (χ1) is 15.4. The number of carbonyl (C=O) groups is 2. The number of nitrogens with one attached hydrogen (secondary N) is 3. The third-order valence-electron chi connectivity index (χ3n) is 4.79. The number of carbonyl (C=O) groups excluding carboxylic acids is 2. The van der Waals surface area contributed by atoms with E-state index in [1.165, 1.54) is 10.9 Å². The van der Waals surface area contributed by atoms with Crippen LogP contribution < -0.4 is 21.5 Å². The van der Waals surface area contributed by atoms with Gasteiger partial charge in [0.15, 0.2) is 0 Å². The molecule has 0 atom stereocenters. The van der Waals surface area contributed by atoms with Crippen LogP contribution in [0.5, 0.6) is 0 Å². The van der Waals surface area contributed by atoms with Crippen LogP contribution in [0.4, 0.5) is 10.5 Å². The van der Waals surface area contributed by atoms with Crippen LogP contribution in [0, 0.1) is 0 Å². The number of nitrogens with zero attached hydrogens (tertiary/aromatic N) is 2. The molecular weight excluding hydrogens is 410 g/mol. The van der Waals surface area contributed by atoms with Crippen LogP contribution >= 0.6 is 0 Å². The molecule has 0 aliphatic carbocycles. The van der Waals surface area contributed by atoms with Gasteiger partial charge in [-0.05, 0) is 43.7 Å². The smallest absolute Gasteiger partial charge is 0.319 e. The first-order valence-electron chi connectivity index (χ1n) is 10.2. The molecule has 0 aliphatic heterocycles. The fourth-order valence-corrected chi connectivity index (χ4v) is 3.27. The fourth-order valence-electron chi connectivity index (χ4n) is 3.27. The summed E-state index contributed by atoms with van der Waals surface area (Å²) in [4.78, 5) is 41.1. The van der Waals surface area contributed by atoms with E-state index in [0.717, 1.165) is 10.9 Å². The average molecular weight is 433 g/mol. The normalized spacial score (nSPS) is 11.1. The minimum Gasteiger partial charge on any atom is -0.448 e.